The first-order valence-electron chi connectivity index (χ1n) is 5.08. The van der Waals surface area contributed by atoms with Crippen LogP contribution in [-0.4, -0.2) is 9.55 Å². The third-order valence-corrected chi connectivity index (χ3v) is 3.54. The summed E-state index contributed by atoms with van der Waals surface area (Å²) in [5, 5.41) is 3.31. The summed E-state index contributed by atoms with van der Waals surface area (Å²) in [6, 6.07) is 4.37. The topological polar surface area (TPSA) is 29.9 Å². The largest absolute Gasteiger partial charge is 0.351 e. The SMILES string of the molecule is CCc1ccc(CNc2nccn2C)s1. The van der Waals surface area contributed by atoms with Crippen LogP contribution in [0.2, 0.25) is 0 Å². The number of anilines is 1. The van der Waals surface area contributed by atoms with E-state index in [4.69, 9.17) is 0 Å². The minimum absolute atomic E-state index is 0.857. The van der Waals surface area contributed by atoms with Crippen molar-refractivity contribution >= 4 is 17.3 Å². The number of aryl methyl sites for hydroxylation is 2. The summed E-state index contributed by atoms with van der Waals surface area (Å²) in [5.41, 5.74) is 0. The maximum atomic E-state index is 4.21. The second-order valence-electron chi connectivity index (χ2n) is 3.44. The zero-order valence-electron chi connectivity index (χ0n) is 9.03. The van der Waals surface area contributed by atoms with Gasteiger partial charge in [-0.15, -0.1) is 11.3 Å². The molecule has 0 spiro atoms. The molecule has 0 aromatic carbocycles. The van der Waals surface area contributed by atoms with Gasteiger partial charge in [-0.25, -0.2) is 4.98 Å². The molecule has 80 valence electrons. The Morgan fingerprint density at radius 3 is 2.80 bits per heavy atom. The van der Waals surface area contributed by atoms with Gasteiger partial charge < -0.3 is 9.88 Å². The summed E-state index contributed by atoms with van der Waals surface area (Å²) in [6.07, 6.45) is 4.86. The molecule has 0 saturated carbocycles. The Morgan fingerprint density at radius 1 is 1.40 bits per heavy atom. The van der Waals surface area contributed by atoms with E-state index in [0.29, 0.717) is 0 Å². The van der Waals surface area contributed by atoms with Gasteiger partial charge >= 0.3 is 0 Å². The van der Waals surface area contributed by atoms with E-state index in [1.54, 1.807) is 6.20 Å². The van der Waals surface area contributed by atoms with Crippen molar-refractivity contribution in [2.24, 2.45) is 7.05 Å². The van der Waals surface area contributed by atoms with E-state index < -0.39 is 0 Å². The van der Waals surface area contributed by atoms with Gasteiger partial charge in [0.2, 0.25) is 5.95 Å². The van der Waals surface area contributed by atoms with E-state index in [9.17, 15) is 0 Å². The predicted octanol–water partition coefficient (Wildman–Crippen LogP) is 2.66. The van der Waals surface area contributed by atoms with E-state index in [1.807, 2.05) is 29.1 Å². The molecule has 15 heavy (non-hydrogen) atoms. The molecule has 0 atom stereocenters. The maximum absolute atomic E-state index is 4.21. The lowest BCUT2D eigenvalue weighted by Gasteiger charge is -2.03. The van der Waals surface area contributed by atoms with E-state index in [2.05, 4.69) is 29.4 Å². The molecule has 0 unspecified atom stereocenters. The Balaban J connectivity index is 1.96. The third kappa shape index (κ3) is 2.39. The number of aromatic nitrogens is 2. The molecule has 0 fully saturated rings. The number of hydrogen-bond acceptors (Lipinski definition) is 3. The lowest BCUT2D eigenvalue weighted by molar-refractivity contribution is 0.902. The van der Waals surface area contributed by atoms with Crippen LogP contribution in [-0.2, 0) is 20.0 Å². The molecule has 0 radical (unpaired) electrons. The van der Waals surface area contributed by atoms with Gasteiger partial charge in [0.05, 0.1) is 6.54 Å². The first-order valence-corrected chi connectivity index (χ1v) is 5.90. The van der Waals surface area contributed by atoms with Gasteiger partial charge in [0.15, 0.2) is 0 Å². The van der Waals surface area contributed by atoms with Crippen molar-refractivity contribution in [1.29, 1.82) is 0 Å². The zero-order chi connectivity index (χ0) is 10.7. The zero-order valence-corrected chi connectivity index (χ0v) is 9.84. The van der Waals surface area contributed by atoms with Crippen LogP contribution >= 0.6 is 11.3 Å². The average molecular weight is 221 g/mol. The number of thiophene rings is 1. The highest BCUT2D eigenvalue weighted by atomic mass is 32.1. The summed E-state index contributed by atoms with van der Waals surface area (Å²) in [7, 11) is 1.99. The van der Waals surface area contributed by atoms with Crippen LogP contribution in [0.25, 0.3) is 0 Å². The highest BCUT2D eigenvalue weighted by Gasteiger charge is 2.00. The Labute approximate surface area is 93.8 Å². The van der Waals surface area contributed by atoms with Crippen LogP contribution in [0.15, 0.2) is 24.5 Å². The minimum Gasteiger partial charge on any atom is -0.351 e. The van der Waals surface area contributed by atoms with Crippen LogP contribution in [0.3, 0.4) is 0 Å². The Hall–Kier alpha value is -1.29. The fourth-order valence-electron chi connectivity index (χ4n) is 1.41. The van der Waals surface area contributed by atoms with Crippen LogP contribution in [0.5, 0.6) is 0 Å². The van der Waals surface area contributed by atoms with Crippen molar-refractivity contribution in [3.63, 3.8) is 0 Å². The first kappa shape index (κ1) is 10.2. The lowest BCUT2D eigenvalue weighted by atomic mass is 10.4. The number of hydrogen-bond donors (Lipinski definition) is 1. The second kappa shape index (κ2) is 4.49. The molecule has 2 aromatic rings. The fraction of sp³-hybridized carbons (Fsp3) is 0.364. The van der Waals surface area contributed by atoms with Crippen molar-refractivity contribution in [1.82, 2.24) is 9.55 Å². The van der Waals surface area contributed by atoms with Gasteiger partial charge in [0.25, 0.3) is 0 Å². The van der Waals surface area contributed by atoms with Gasteiger partial charge in [-0.2, -0.15) is 0 Å². The van der Waals surface area contributed by atoms with Gasteiger partial charge in [0, 0.05) is 29.2 Å². The lowest BCUT2D eigenvalue weighted by Crippen LogP contribution is -2.03. The van der Waals surface area contributed by atoms with E-state index >= 15 is 0 Å². The Morgan fingerprint density at radius 2 is 2.20 bits per heavy atom. The van der Waals surface area contributed by atoms with Crippen LogP contribution < -0.4 is 5.32 Å². The summed E-state index contributed by atoms with van der Waals surface area (Å²) in [4.78, 5) is 7.01. The Bertz CT molecular complexity index is 430. The fourth-order valence-corrected chi connectivity index (χ4v) is 2.31. The molecule has 0 aliphatic carbocycles. The van der Waals surface area contributed by atoms with Crippen molar-refractivity contribution in [2.75, 3.05) is 5.32 Å². The van der Waals surface area contributed by atoms with Crippen LogP contribution in [0.4, 0.5) is 5.95 Å². The minimum atomic E-state index is 0.857. The predicted molar refractivity (Wildman–Crippen MR) is 64.2 cm³/mol. The standard InChI is InChI=1S/C11H15N3S/c1-3-9-4-5-10(15-9)8-13-11-12-6-7-14(11)2/h4-7H,3,8H2,1-2H3,(H,12,13). The molecule has 0 bridgehead atoms. The van der Waals surface area contributed by atoms with Gasteiger partial charge in [-0.05, 0) is 18.6 Å². The summed E-state index contributed by atoms with van der Waals surface area (Å²) in [5.74, 6) is 0.918. The molecule has 2 heterocycles. The number of imidazole rings is 1. The highest BCUT2D eigenvalue weighted by Crippen LogP contribution is 2.17. The first-order chi connectivity index (χ1) is 7.29. The monoisotopic (exact) mass is 221 g/mol. The second-order valence-corrected chi connectivity index (χ2v) is 4.69. The molecule has 0 amide bonds. The number of nitrogens with zero attached hydrogens (tertiary/aromatic N) is 2. The Kier molecular flexibility index (Phi) is 3.06. The molecular formula is C11H15N3S. The molecule has 4 heteroatoms. The summed E-state index contributed by atoms with van der Waals surface area (Å²) < 4.78 is 1.98. The van der Waals surface area contributed by atoms with E-state index in [1.165, 1.54) is 9.75 Å². The van der Waals surface area contributed by atoms with Gasteiger partial charge in [0.1, 0.15) is 0 Å². The van der Waals surface area contributed by atoms with Gasteiger partial charge in [-0.1, -0.05) is 6.92 Å². The molecule has 1 N–H and O–H groups in total. The van der Waals surface area contributed by atoms with E-state index in [0.717, 1.165) is 18.9 Å². The van der Waals surface area contributed by atoms with Crippen LogP contribution in [0.1, 0.15) is 16.7 Å². The normalized spacial score (nSPS) is 10.5. The van der Waals surface area contributed by atoms with Crippen molar-refractivity contribution < 1.29 is 0 Å². The molecule has 0 aliphatic heterocycles. The average Bonchev–Trinajstić information content (AvgIpc) is 2.84. The summed E-state index contributed by atoms with van der Waals surface area (Å²) >= 11 is 1.86. The molecule has 2 rings (SSSR count). The maximum Gasteiger partial charge on any atom is 0.202 e. The number of rotatable bonds is 4. The van der Waals surface area contributed by atoms with Crippen LogP contribution in [0, 0.1) is 0 Å². The number of nitrogens with one attached hydrogen (secondary N) is 1. The highest BCUT2D eigenvalue weighted by molar-refractivity contribution is 7.12. The smallest absolute Gasteiger partial charge is 0.202 e. The molecule has 3 nitrogen and oxygen atoms in total. The molecular weight excluding hydrogens is 206 g/mol. The van der Waals surface area contributed by atoms with E-state index in [-0.39, 0.29) is 0 Å². The molecule has 2 aromatic heterocycles. The quantitative estimate of drug-likeness (QED) is 0.860. The molecule has 0 aliphatic rings. The molecule has 0 saturated heterocycles. The van der Waals surface area contributed by atoms with Crippen molar-refractivity contribution in [3.8, 4) is 0 Å². The third-order valence-electron chi connectivity index (χ3n) is 2.31. The van der Waals surface area contributed by atoms with Crippen molar-refractivity contribution in [3.05, 3.63) is 34.3 Å². The van der Waals surface area contributed by atoms with Gasteiger partial charge in [-0.3, -0.25) is 0 Å². The summed E-state index contributed by atoms with van der Waals surface area (Å²) in [6.45, 7) is 3.04. The van der Waals surface area contributed by atoms with Crippen molar-refractivity contribution in [2.45, 2.75) is 19.9 Å².